The monoisotopic (exact) mass is 530 g/mol. The first-order valence-corrected chi connectivity index (χ1v) is 13.3. The number of piperidine rings is 1. The first-order chi connectivity index (χ1) is 18.3. The molecule has 0 bridgehead atoms. The minimum Gasteiger partial charge on any atom is -0.370 e. The number of pyridine rings is 1. The van der Waals surface area contributed by atoms with Gasteiger partial charge in [0.05, 0.1) is 28.3 Å². The molecule has 5 rings (SSSR count). The molecule has 0 radical (unpaired) electrons. The maximum absolute atomic E-state index is 13.9. The third-order valence-corrected chi connectivity index (χ3v) is 7.96. The van der Waals surface area contributed by atoms with Gasteiger partial charge in [0.2, 0.25) is 0 Å². The molecule has 0 saturated carbocycles. The van der Waals surface area contributed by atoms with Crippen molar-refractivity contribution < 1.29 is 9.59 Å². The second-order valence-corrected chi connectivity index (χ2v) is 10.6. The van der Waals surface area contributed by atoms with Crippen molar-refractivity contribution in [2.24, 2.45) is 0 Å². The average molecular weight is 531 g/mol. The maximum atomic E-state index is 13.9. The number of halogens is 1. The molecular formula is C29H31ClN6O2. The molecule has 2 aliphatic heterocycles. The van der Waals surface area contributed by atoms with Gasteiger partial charge < -0.3 is 19.6 Å². The number of amides is 3. The summed E-state index contributed by atoms with van der Waals surface area (Å²) in [4.78, 5) is 38.1. The van der Waals surface area contributed by atoms with Crippen LogP contribution in [0.2, 0.25) is 5.02 Å². The van der Waals surface area contributed by atoms with E-state index in [1.807, 2.05) is 42.5 Å². The number of carbonyl (C=O) groups is 2. The van der Waals surface area contributed by atoms with Gasteiger partial charge in [0.1, 0.15) is 0 Å². The zero-order valence-corrected chi connectivity index (χ0v) is 22.5. The van der Waals surface area contributed by atoms with Crippen molar-refractivity contribution in [3.63, 3.8) is 0 Å². The molecule has 196 valence electrons. The van der Waals surface area contributed by atoms with Crippen molar-refractivity contribution in [3.05, 3.63) is 70.9 Å². The second kappa shape index (κ2) is 10.5. The number of aromatic nitrogens is 1. The summed E-state index contributed by atoms with van der Waals surface area (Å²) < 4.78 is 0. The summed E-state index contributed by atoms with van der Waals surface area (Å²) in [6.07, 6.45) is 2.96. The van der Waals surface area contributed by atoms with E-state index in [0.29, 0.717) is 62.7 Å². The molecule has 0 N–H and O–H groups in total. The van der Waals surface area contributed by atoms with Gasteiger partial charge in [0, 0.05) is 70.0 Å². The van der Waals surface area contributed by atoms with E-state index in [1.165, 1.54) is 0 Å². The van der Waals surface area contributed by atoms with Gasteiger partial charge in [0.25, 0.3) is 5.91 Å². The van der Waals surface area contributed by atoms with Crippen LogP contribution in [0.4, 0.5) is 10.5 Å². The fourth-order valence-corrected chi connectivity index (χ4v) is 5.71. The Bertz CT molecular complexity index is 1390. The number of nitriles is 1. The van der Waals surface area contributed by atoms with E-state index in [0.717, 1.165) is 22.2 Å². The fourth-order valence-electron chi connectivity index (χ4n) is 5.54. The summed E-state index contributed by atoms with van der Waals surface area (Å²) in [5.41, 5.74) is 2.58. The first-order valence-electron chi connectivity index (χ1n) is 12.9. The molecule has 1 aromatic heterocycles. The molecule has 0 spiro atoms. The smallest absolute Gasteiger partial charge is 0.319 e. The average Bonchev–Trinajstić information content (AvgIpc) is 2.96. The number of fused-ring (bicyclic) bond motifs is 1. The molecule has 0 unspecified atom stereocenters. The lowest BCUT2D eigenvalue weighted by Crippen LogP contribution is -2.53. The highest BCUT2D eigenvalue weighted by Gasteiger charge is 2.38. The molecule has 2 aliphatic rings. The Hall–Kier alpha value is -3.83. The first kappa shape index (κ1) is 25.8. The zero-order valence-electron chi connectivity index (χ0n) is 21.7. The third kappa shape index (κ3) is 4.74. The predicted molar refractivity (Wildman–Crippen MR) is 148 cm³/mol. The van der Waals surface area contributed by atoms with Crippen molar-refractivity contribution in [3.8, 4) is 6.07 Å². The Balaban J connectivity index is 1.45. The zero-order chi connectivity index (χ0) is 26.9. The van der Waals surface area contributed by atoms with Gasteiger partial charge in [-0.25, -0.2) is 4.79 Å². The van der Waals surface area contributed by atoms with Crippen molar-refractivity contribution >= 4 is 40.1 Å². The number of piperazine rings is 1. The largest absolute Gasteiger partial charge is 0.370 e. The van der Waals surface area contributed by atoms with Crippen molar-refractivity contribution in [2.45, 2.75) is 18.3 Å². The molecule has 3 heterocycles. The number of urea groups is 1. The number of hydrogen-bond donors (Lipinski definition) is 0. The van der Waals surface area contributed by atoms with Crippen LogP contribution in [0.3, 0.4) is 0 Å². The number of nitrogens with zero attached hydrogens (tertiary/aromatic N) is 6. The molecule has 2 saturated heterocycles. The van der Waals surface area contributed by atoms with Crippen LogP contribution in [-0.4, -0.2) is 85.0 Å². The van der Waals surface area contributed by atoms with E-state index < -0.39 is 5.41 Å². The standard InChI is InChI=1S/C29H31ClN6O2/c1-33(2)28(38)36-16-14-35(15-17-36)27(37)24-19-32-25-9-8-22(30)18-23(25)26(24)34-12-10-29(20-31,11-13-34)21-6-4-3-5-7-21/h3-9,18-19H,10-17H2,1-2H3. The minimum atomic E-state index is -0.558. The van der Waals surface area contributed by atoms with Crippen LogP contribution in [-0.2, 0) is 5.41 Å². The number of carbonyl (C=O) groups excluding carboxylic acids is 2. The lowest BCUT2D eigenvalue weighted by atomic mass is 9.74. The summed E-state index contributed by atoms with van der Waals surface area (Å²) in [5, 5.41) is 11.6. The van der Waals surface area contributed by atoms with Crippen LogP contribution in [0.15, 0.2) is 54.7 Å². The van der Waals surface area contributed by atoms with E-state index in [1.54, 1.807) is 41.1 Å². The summed E-state index contributed by atoms with van der Waals surface area (Å²) in [5.74, 6) is -0.105. The van der Waals surface area contributed by atoms with Gasteiger partial charge in [-0.05, 0) is 36.6 Å². The second-order valence-electron chi connectivity index (χ2n) is 10.2. The highest BCUT2D eigenvalue weighted by atomic mass is 35.5. The van der Waals surface area contributed by atoms with Gasteiger partial charge in [-0.3, -0.25) is 9.78 Å². The maximum Gasteiger partial charge on any atom is 0.319 e. The Morgan fingerprint density at radius 1 is 0.974 bits per heavy atom. The number of anilines is 1. The van der Waals surface area contributed by atoms with Gasteiger partial charge in [-0.2, -0.15) is 5.26 Å². The van der Waals surface area contributed by atoms with E-state index >= 15 is 0 Å². The fraction of sp³-hybridized carbons (Fsp3) is 0.379. The summed E-state index contributed by atoms with van der Waals surface area (Å²) in [7, 11) is 3.46. The molecular weight excluding hydrogens is 500 g/mol. The van der Waals surface area contributed by atoms with E-state index in [2.05, 4.69) is 16.0 Å². The highest BCUT2D eigenvalue weighted by molar-refractivity contribution is 6.31. The molecule has 0 atom stereocenters. The number of benzene rings is 2. The Kier molecular flexibility index (Phi) is 7.13. The highest BCUT2D eigenvalue weighted by Crippen LogP contribution is 2.40. The molecule has 2 aromatic carbocycles. The molecule has 2 fully saturated rings. The third-order valence-electron chi connectivity index (χ3n) is 7.73. The molecule has 38 heavy (non-hydrogen) atoms. The normalized spacial score (nSPS) is 17.3. The van der Waals surface area contributed by atoms with Gasteiger partial charge >= 0.3 is 6.03 Å². The van der Waals surface area contributed by atoms with E-state index in [4.69, 9.17) is 11.6 Å². The topological polar surface area (TPSA) is 83.8 Å². The van der Waals surface area contributed by atoms with Crippen LogP contribution in [0.5, 0.6) is 0 Å². The minimum absolute atomic E-state index is 0.0486. The Morgan fingerprint density at radius 3 is 2.26 bits per heavy atom. The summed E-state index contributed by atoms with van der Waals surface area (Å²) in [6.45, 7) is 3.12. The Labute approximate surface area is 228 Å². The van der Waals surface area contributed by atoms with Crippen LogP contribution >= 0.6 is 11.6 Å². The molecule has 8 nitrogen and oxygen atoms in total. The molecule has 3 amide bonds. The van der Waals surface area contributed by atoms with Gasteiger partial charge in [0.15, 0.2) is 0 Å². The SMILES string of the molecule is CN(C)C(=O)N1CCN(C(=O)c2cnc3ccc(Cl)cc3c2N2CCC(C#N)(c3ccccc3)CC2)CC1. The van der Waals surface area contributed by atoms with Crippen LogP contribution in [0.25, 0.3) is 10.9 Å². The van der Waals surface area contributed by atoms with Crippen LogP contribution < -0.4 is 4.90 Å². The number of rotatable bonds is 3. The van der Waals surface area contributed by atoms with Crippen molar-refractivity contribution in [2.75, 3.05) is 58.3 Å². The lowest BCUT2D eigenvalue weighted by molar-refractivity contribution is 0.0650. The van der Waals surface area contributed by atoms with Gasteiger partial charge in [-0.15, -0.1) is 0 Å². The predicted octanol–water partition coefficient (Wildman–Crippen LogP) is 4.39. The summed E-state index contributed by atoms with van der Waals surface area (Å²) in [6, 6.07) is 18.0. The quantitative estimate of drug-likeness (QED) is 0.501. The number of hydrogen-bond acceptors (Lipinski definition) is 5. The van der Waals surface area contributed by atoms with Crippen LogP contribution in [0, 0.1) is 11.3 Å². The molecule has 3 aromatic rings. The molecule has 0 aliphatic carbocycles. The molecule has 9 heteroatoms. The van der Waals surface area contributed by atoms with E-state index in [9.17, 15) is 14.9 Å². The Morgan fingerprint density at radius 2 is 1.63 bits per heavy atom. The van der Waals surface area contributed by atoms with E-state index in [-0.39, 0.29) is 11.9 Å². The lowest BCUT2D eigenvalue weighted by Gasteiger charge is -2.40. The summed E-state index contributed by atoms with van der Waals surface area (Å²) >= 11 is 6.40. The van der Waals surface area contributed by atoms with Crippen molar-refractivity contribution in [1.82, 2.24) is 19.7 Å². The van der Waals surface area contributed by atoms with Crippen LogP contribution in [0.1, 0.15) is 28.8 Å². The van der Waals surface area contributed by atoms with Crippen molar-refractivity contribution in [1.29, 1.82) is 5.26 Å². The van der Waals surface area contributed by atoms with Gasteiger partial charge in [-0.1, -0.05) is 41.9 Å².